The van der Waals surface area contributed by atoms with Crippen LogP contribution in [0.1, 0.15) is 11.3 Å². The van der Waals surface area contributed by atoms with Crippen LogP contribution >= 0.6 is 27.5 Å². The van der Waals surface area contributed by atoms with E-state index in [2.05, 4.69) is 31.2 Å². The maximum Gasteiger partial charge on any atom is 0.417 e. The number of alkyl halides is 3. The Morgan fingerprint density at radius 2 is 1.90 bits per heavy atom. The molecule has 0 saturated carbocycles. The van der Waals surface area contributed by atoms with E-state index in [0.29, 0.717) is 11.5 Å². The Bertz CT molecular complexity index is 626. The largest absolute Gasteiger partial charge is 0.417 e. The molecule has 2 aromatic rings. The van der Waals surface area contributed by atoms with Gasteiger partial charge in [0.1, 0.15) is 5.82 Å². The molecule has 1 heterocycles. The molecule has 8 heteroatoms. The first-order chi connectivity index (χ1) is 9.25. The van der Waals surface area contributed by atoms with E-state index in [9.17, 15) is 13.2 Å². The number of nitrogens with zero attached hydrogens (tertiary/aromatic N) is 2. The molecule has 0 radical (unpaired) electrons. The number of hydrogen-bond acceptors (Lipinski definition) is 3. The van der Waals surface area contributed by atoms with Gasteiger partial charge in [-0.3, -0.25) is 0 Å². The SMILES string of the molecule is Cc1cc(Nc2ccc(Br)c(C(F)(F)F)c2)nc(Cl)n1. The zero-order valence-electron chi connectivity index (χ0n) is 10.1. The van der Waals surface area contributed by atoms with E-state index in [4.69, 9.17) is 11.6 Å². The van der Waals surface area contributed by atoms with Crippen molar-refractivity contribution < 1.29 is 13.2 Å². The van der Waals surface area contributed by atoms with Crippen LogP contribution in [0.25, 0.3) is 0 Å². The van der Waals surface area contributed by atoms with Crippen LogP contribution in [0.3, 0.4) is 0 Å². The standard InChI is InChI=1S/C12H8BrClF3N3/c1-6-4-10(20-11(14)18-6)19-7-2-3-9(13)8(5-7)12(15,16)17/h2-5H,1H3,(H,18,19,20). The molecule has 106 valence electrons. The van der Waals surface area contributed by atoms with Gasteiger partial charge in [-0.2, -0.15) is 13.2 Å². The van der Waals surface area contributed by atoms with Crippen LogP contribution in [0, 0.1) is 6.92 Å². The van der Waals surface area contributed by atoms with Gasteiger partial charge < -0.3 is 5.32 Å². The predicted molar refractivity (Wildman–Crippen MR) is 74.2 cm³/mol. The Hall–Kier alpha value is -1.34. The highest BCUT2D eigenvalue weighted by Crippen LogP contribution is 2.36. The van der Waals surface area contributed by atoms with E-state index < -0.39 is 11.7 Å². The summed E-state index contributed by atoms with van der Waals surface area (Å²) in [4.78, 5) is 7.77. The fourth-order valence-corrected chi connectivity index (χ4v) is 2.26. The van der Waals surface area contributed by atoms with Crippen LogP contribution in [-0.4, -0.2) is 9.97 Å². The van der Waals surface area contributed by atoms with E-state index in [0.717, 1.165) is 6.07 Å². The number of aryl methyl sites for hydroxylation is 1. The van der Waals surface area contributed by atoms with Gasteiger partial charge in [-0.15, -0.1) is 0 Å². The lowest BCUT2D eigenvalue weighted by Gasteiger charge is -2.12. The van der Waals surface area contributed by atoms with E-state index in [1.165, 1.54) is 12.1 Å². The predicted octanol–water partition coefficient (Wildman–Crippen LogP) is 4.96. The highest BCUT2D eigenvalue weighted by atomic mass is 79.9. The van der Waals surface area contributed by atoms with Crippen molar-refractivity contribution in [3.63, 3.8) is 0 Å². The fourth-order valence-electron chi connectivity index (χ4n) is 1.56. The molecular formula is C12H8BrClF3N3. The van der Waals surface area contributed by atoms with Gasteiger partial charge in [0.05, 0.1) is 5.56 Å². The number of hydrogen-bond donors (Lipinski definition) is 1. The van der Waals surface area contributed by atoms with E-state index in [1.54, 1.807) is 13.0 Å². The second-order valence-electron chi connectivity index (χ2n) is 3.98. The van der Waals surface area contributed by atoms with Gasteiger partial charge in [-0.1, -0.05) is 15.9 Å². The molecule has 2 rings (SSSR count). The molecule has 1 aromatic carbocycles. The minimum absolute atomic E-state index is 0.0209. The molecule has 0 unspecified atom stereocenters. The molecule has 0 aliphatic carbocycles. The van der Waals surface area contributed by atoms with Crippen LogP contribution in [-0.2, 0) is 6.18 Å². The molecule has 0 bridgehead atoms. The summed E-state index contributed by atoms with van der Waals surface area (Å²) >= 11 is 8.58. The summed E-state index contributed by atoms with van der Waals surface area (Å²) in [6.07, 6.45) is -4.43. The lowest BCUT2D eigenvalue weighted by Crippen LogP contribution is -2.07. The normalized spacial score (nSPS) is 11.5. The molecule has 0 fully saturated rings. The van der Waals surface area contributed by atoms with Gasteiger partial charge >= 0.3 is 6.18 Å². The third kappa shape index (κ3) is 3.61. The molecule has 0 aliphatic rings. The highest BCUT2D eigenvalue weighted by Gasteiger charge is 2.33. The minimum atomic E-state index is -4.43. The van der Waals surface area contributed by atoms with Gasteiger partial charge in [0.15, 0.2) is 0 Å². The molecule has 3 nitrogen and oxygen atoms in total. The van der Waals surface area contributed by atoms with Crippen LogP contribution in [0.2, 0.25) is 5.28 Å². The summed E-state index contributed by atoms with van der Waals surface area (Å²) in [5, 5.41) is 2.80. The van der Waals surface area contributed by atoms with Gasteiger partial charge in [0.2, 0.25) is 5.28 Å². The first-order valence-electron chi connectivity index (χ1n) is 5.40. The van der Waals surface area contributed by atoms with Crippen molar-refractivity contribution in [3.8, 4) is 0 Å². The Kier molecular flexibility index (Phi) is 4.19. The summed E-state index contributed by atoms with van der Waals surface area (Å²) < 4.78 is 38.4. The van der Waals surface area contributed by atoms with Gasteiger partial charge in [-0.25, -0.2) is 9.97 Å². The molecule has 0 aliphatic heterocycles. The van der Waals surface area contributed by atoms with Crippen molar-refractivity contribution in [3.05, 3.63) is 45.3 Å². The number of nitrogens with one attached hydrogen (secondary N) is 1. The van der Waals surface area contributed by atoms with Gasteiger partial charge in [-0.05, 0) is 36.7 Å². The molecule has 20 heavy (non-hydrogen) atoms. The molecule has 1 N–H and O–H groups in total. The summed E-state index contributed by atoms with van der Waals surface area (Å²) in [6, 6.07) is 5.40. The summed E-state index contributed by atoms with van der Waals surface area (Å²) in [5.74, 6) is 0.331. The fraction of sp³-hybridized carbons (Fsp3) is 0.167. The van der Waals surface area contributed by atoms with Crippen molar-refractivity contribution >= 4 is 39.0 Å². The van der Waals surface area contributed by atoms with E-state index in [-0.39, 0.29) is 15.4 Å². The van der Waals surface area contributed by atoms with Crippen molar-refractivity contribution in [2.45, 2.75) is 13.1 Å². The van der Waals surface area contributed by atoms with Gasteiger partial charge in [0, 0.05) is 21.9 Å². The molecule has 0 atom stereocenters. The molecule has 0 saturated heterocycles. The third-order valence-electron chi connectivity index (χ3n) is 2.37. The van der Waals surface area contributed by atoms with Crippen molar-refractivity contribution in [1.29, 1.82) is 0 Å². The maximum atomic E-state index is 12.8. The number of rotatable bonds is 2. The van der Waals surface area contributed by atoms with Gasteiger partial charge in [0.25, 0.3) is 0 Å². The van der Waals surface area contributed by atoms with Crippen LogP contribution in [0.5, 0.6) is 0 Å². The van der Waals surface area contributed by atoms with Crippen LogP contribution in [0.4, 0.5) is 24.7 Å². The minimum Gasteiger partial charge on any atom is -0.340 e. The monoisotopic (exact) mass is 365 g/mol. The zero-order valence-corrected chi connectivity index (χ0v) is 12.4. The summed E-state index contributed by atoms with van der Waals surface area (Å²) in [6.45, 7) is 1.71. The van der Waals surface area contributed by atoms with Crippen molar-refractivity contribution in [2.24, 2.45) is 0 Å². The van der Waals surface area contributed by atoms with Crippen LogP contribution in [0.15, 0.2) is 28.7 Å². The number of halogens is 5. The van der Waals surface area contributed by atoms with Crippen molar-refractivity contribution in [1.82, 2.24) is 9.97 Å². The number of benzene rings is 1. The Balaban J connectivity index is 2.35. The summed E-state index contributed by atoms with van der Waals surface area (Å²) in [7, 11) is 0. The second-order valence-corrected chi connectivity index (χ2v) is 5.17. The second kappa shape index (κ2) is 5.57. The first kappa shape index (κ1) is 15.1. The summed E-state index contributed by atoms with van der Waals surface area (Å²) in [5.41, 5.74) is 0.106. The van der Waals surface area contributed by atoms with Crippen LogP contribution < -0.4 is 5.32 Å². The molecule has 1 aromatic heterocycles. The molecule has 0 spiro atoms. The highest BCUT2D eigenvalue weighted by molar-refractivity contribution is 9.10. The lowest BCUT2D eigenvalue weighted by atomic mass is 10.2. The topological polar surface area (TPSA) is 37.8 Å². The maximum absolute atomic E-state index is 12.8. The first-order valence-corrected chi connectivity index (χ1v) is 6.58. The smallest absolute Gasteiger partial charge is 0.340 e. The number of aromatic nitrogens is 2. The average molecular weight is 367 g/mol. The third-order valence-corrected chi connectivity index (χ3v) is 3.23. The molecule has 0 amide bonds. The Labute approximate surface area is 126 Å². The molecular weight excluding hydrogens is 359 g/mol. The number of anilines is 2. The van der Waals surface area contributed by atoms with E-state index in [1.807, 2.05) is 0 Å². The average Bonchev–Trinajstić information content (AvgIpc) is 2.29. The quantitative estimate of drug-likeness (QED) is 0.763. The van der Waals surface area contributed by atoms with Crippen molar-refractivity contribution in [2.75, 3.05) is 5.32 Å². The lowest BCUT2D eigenvalue weighted by molar-refractivity contribution is -0.138. The van der Waals surface area contributed by atoms with E-state index >= 15 is 0 Å². The Morgan fingerprint density at radius 3 is 2.50 bits per heavy atom. The Morgan fingerprint density at radius 1 is 1.20 bits per heavy atom. The zero-order chi connectivity index (χ0) is 14.9.